The molecule has 0 saturated carbocycles. The van der Waals surface area contributed by atoms with Crippen molar-refractivity contribution in [2.45, 2.75) is 19.8 Å². The Hall–Kier alpha value is -3.02. The van der Waals surface area contributed by atoms with Gasteiger partial charge in [0.05, 0.1) is 19.8 Å². The molecule has 0 radical (unpaired) electrons. The van der Waals surface area contributed by atoms with E-state index in [9.17, 15) is 9.59 Å². The van der Waals surface area contributed by atoms with Crippen molar-refractivity contribution in [3.05, 3.63) is 47.5 Å². The zero-order chi connectivity index (χ0) is 18.7. The van der Waals surface area contributed by atoms with Crippen molar-refractivity contribution in [2.24, 2.45) is 0 Å². The fourth-order valence-electron chi connectivity index (χ4n) is 3.27. The number of anilines is 2. The van der Waals surface area contributed by atoms with Gasteiger partial charge in [-0.3, -0.25) is 9.59 Å². The molecular weight excluding hydrogens is 332 g/mol. The van der Waals surface area contributed by atoms with Crippen LogP contribution in [0.3, 0.4) is 0 Å². The molecule has 1 aliphatic heterocycles. The van der Waals surface area contributed by atoms with Crippen LogP contribution in [0.1, 0.15) is 29.3 Å². The number of amides is 2. The predicted octanol–water partition coefficient (Wildman–Crippen LogP) is 3.26. The van der Waals surface area contributed by atoms with Crippen LogP contribution in [0.4, 0.5) is 11.4 Å². The standard InChI is InChI=1S/C20H22N2O4/c1-13(23)22-11-5-6-14-12-15(9-10-17(14)22)21-20(24)16-7-4-8-18(25-2)19(16)26-3/h4,7-10,12H,5-6,11H2,1-3H3,(H,21,24). The predicted molar refractivity (Wildman–Crippen MR) is 100 cm³/mol. The number of carbonyl (C=O) groups excluding carboxylic acids is 2. The zero-order valence-corrected chi connectivity index (χ0v) is 15.2. The first-order valence-corrected chi connectivity index (χ1v) is 8.48. The lowest BCUT2D eigenvalue weighted by molar-refractivity contribution is -0.116. The second-order valence-corrected chi connectivity index (χ2v) is 6.11. The van der Waals surface area contributed by atoms with Gasteiger partial charge in [0.15, 0.2) is 11.5 Å². The van der Waals surface area contributed by atoms with Crippen molar-refractivity contribution in [3.63, 3.8) is 0 Å². The summed E-state index contributed by atoms with van der Waals surface area (Å²) in [4.78, 5) is 26.2. The number of ether oxygens (including phenoxy) is 2. The maximum Gasteiger partial charge on any atom is 0.259 e. The molecule has 6 heteroatoms. The van der Waals surface area contributed by atoms with Crippen molar-refractivity contribution in [1.82, 2.24) is 0 Å². The summed E-state index contributed by atoms with van der Waals surface area (Å²) in [5.41, 5.74) is 3.06. The number of carbonyl (C=O) groups is 2. The van der Waals surface area contributed by atoms with E-state index in [1.165, 1.54) is 14.2 Å². The Labute approximate surface area is 152 Å². The molecule has 0 aromatic heterocycles. The number of hydrogen-bond acceptors (Lipinski definition) is 4. The number of nitrogens with zero attached hydrogens (tertiary/aromatic N) is 1. The normalized spacial score (nSPS) is 13.0. The molecule has 2 aromatic rings. The average Bonchev–Trinajstić information content (AvgIpc) is 2.66. The first-order chi connectivity index (χ1) is 12.5. The SMILES string of the molecule is COc1cccc(C(=O)Nc2ccc3c(c2)CCCN3C(C)=O)c1OC. The molecule has 0 spiro atoms. The minimum atomic E-state index is -0.278. The molecule has 0 fully saturated rings. The van der Waals surface area contributed by atoms with Gasteiger partial charge < -0.3 is 19.7 Å². The van der Waals surface area contributed by atoms with E-state index in [0.717, 1.165) is 30.6 Å². The number of nitrogens with one attached hydrogen (secondary N) is 1. The highest BCUT2D eigenvalue weighted by atomic mass is 16.5. The van der Waals surface area contributed by atoms with E-state index in [1.54, 1.807) is 30.0 Å². The van der Waals surface area contributed by atoms with E-state index in [-0.39, 0.29) is 11.8 Å². The fourth-order valence-corrected chi connectivity index (χ4v) is 3.27. The fraction of sp³-hybridized carbons (Fsp3) is 0.300. The zero-order valence-electron chi connectivity index (χ0n) is 15.2. The Morgan fingerprint density at radius 1 is 1.12 bits per heavy atom. The molecule has 1 N–H and O–H groups in total. The summed E-state index contributed by atoms with van der Waals surface area (Å²) in [7, 11) is 3.04. The van der Waals surface area contributed by atoms with E-state index in [0.29, 0.717) is 22.7 Å². The summed E-state index contributed by atoms with van der Waals surface area (Å²) in [5, 5.41) is 2.90. The minimum Gasteiger partial charge on any atom is -0.493 e. The van der Waals surface area contributed by atoms with Crippen LogP contribution in [0.25, 0.3) is 0 Å². The summed E-state index contributed by atoms with van der Waals surface area (Å²) >= 11 is 0. The first-order valence-electron chi connectivity index (χ1n) is 8.48. The van der Waals surface area contributed by atoms with Gasteiger partial charge in [0.25, 0.3) is 5.91 Å². The largest absolute Gasteiger partial charge is 0.493 e. The van der Waals surface area contributed by atoms with Crippen molar-refractivity contribution in [3.8, 4) is 11.5 Å². The Kier molecular flexibility index (Phi) is 5.11. The van der Waals surface area contributed by atoms with Crippen molar-refractivity contribution in [2.75, 3.05) is 31.0 Å². The summed E-state index contributed by atoms with van der Waals surface area (Å²) in [6, 6.07) is 10.8. The highest BCUT2D eigenvalue weighted by Crippen LogP contribution is 2.33. The van der Waals surface area contributed by atoms with Gasteiger partial charge in [-0.05, 0) is 48.7 Å². The molecule has 0 atom stereocenters. The van der Waals surface area contributed by atoms with Gasteiger partial charge in [-0.1, -0.05) is 6.07 Å². The third-order valence-electron chi connectivity index (χ3n) is 4.48. The van der Waals surface area contributed by atoms with Crippen molar-refractivity contribution in [1.29, 1.82) is 0 Å². The minimum absolute atomic E-state index is 0.0313. The quantitative estimate of drug-likeness (QED) is 0.915. The van der Waals surface area contributed by atoms with Crippen molar-refractivity contribution >= 4 is 23.2 Å². The van der Waals surface area contributed by atoms with E-state index in [1.807, 2.05) is 18.2 Å². The molecule has 0 unspecified atom stereocenters. The number of rotatable bonds is 4. The molecule has 0 aliphatic carbocycles. The Balaban J connectivity index is 1.86. The van der Waals surface area contributed by atoms with E-state index < -0.39 is 0 Å². The second kappa shape index (κ2) is 7.47. The highest BCUT2D eigenvalue weighted by Gasteiger charge is 2.21. The number of fused-ring (bicyclic) bond motifs is 1. The van der Waals surface area contributed by atoms with Crippen LogP contribution >= 0.6 is 0 Å². The van der Waals surface area contributed by atoms with Crippen LogP contribution in [-0.4, -0.2) is 32.6 Å². The molecule has 136 valence electrons. The Morgan fingerprint density at radius 2 is 1.92 bits per heavy atom. The molecule has 2 amide bonds. The lowest BCUT2D eigenvalue weighted by Gasteiger charge is -2.29. The first kappa shape index (κ1) is 17.8. The Bertz CT molecular complexity index is 848. The topological polar surface area (TPSA) is 67.9 Å². The van der Waals surface area contributed by atoms with E-state index in [2.05, 4.69) is 5.32 Å². The third kappa shape index (κ3) is 3.35. The Morgan fingerprint density at radius 3 is 2.62 bits per heavy atom. The molecule has 1 aliphatic rings. The molecule has 3 rings (SSSR count). The van der Waals surface area contributed by atoms with Crippen LogP contribution in [0.5, 0.6) is 11.5 Å². The lowest BCUT2D eigenvalue weighted by atomic mass is 10.0. The van der Waals surface area contributed by atoms with Gasteiger partial charge in [-0.15, -0.1) is 0 Å². The summed E-state index contributed by atoms with van der Waals surface area (Å²) in [5.74, 6) is 0.652. The summed E-state index contributed by atoms with van der Waals surface area (Å²) in [6.07, 6.45) is 1.79. The van der Waals surface area contributed by atoms with E-state index in [4.69, 9.17) is 9.47 Å². The van der Waals surface area contributed by atoms with Crippen LogP contribution in [0.15, 0.2) is 36.4 Å². The number of benzene rings is 2. The molecule has 0 saturated heterocycles. The summed E-state index contributed by atoms with van der Waals surface area (Å²) in [6.45, 7) is 2.30. The molecule has 0 bridgehead atoms. The van der Waals surface area contributed by atoms with Crippen LogP contribution < -0.4 is 19.7 Å². The lowest BCUT2D eigenvalue weighted by Crippen LogP contribution is -2.33. The smallest absolute Gasteiger partial charge is 0.259 e. The number of para-hydroxylation sites is 1. The molecule has 2 aromatic carbocycles. The highest BCUT2D eigenvalue weighted by molar-refractivity contribution is 6.07. The number of methoxy groups -OCH3 is 2. The third-order valence-corrected chi connectivity index (χ3v) is 4.48. The molecule has 6 nitrogen and oxygen atoms in total. The van der Waals surface area contributed by atoms with Gasteiger partial charge in [-0.2, -0.15) is 0 Å². The van der Waals surface area contributed by atoms with Crippen LogP contribution in [-0.2, 0) is 11.2 Å². The van der Waals surface area contributed by atoms with Crippen LogP contribution in [0, 0.1) is 0 Å². The van der Waals surface area contributed by atoms with Gasteiger partial charge in [0, 0.05) is 24.8 Å². The van der Waals surface area contributed by atoms with Gasteiger partial charge >= 0.3 is 0 Å². The van der Waals surface area contributed by atoms with Crippen molar-refractivity contribution < 1.29 is 19.1 Å². The molecule has 26 heavy (non-hydrogen) atoms. The van der Waals surface area contributed by atoms with Gasteiger partial charge in [-0.25, -0.2) is 0 Å². The monoisotopic (exact) mass is 354 g/mol. The van der Waals surface area contributed by atoms with E-state index >= 15 is 0 Å². The maximum atomic E-state index is 12.7. The maximum absolute atomic E-state index is 12.7. The second-order valence-electron chi connectivity index (χ2n) is 6.11. The molecule has 1 heterocycles. The number of aryl methyl sites for hydroxylation is 1. The van der Waals surface area contributed by atoms with Crippen LogP contribution in [0.2, 0.25) is 0 Å². The van der Waals surface area contributed by atoms with Gasteiger partial charge in [0.2, 0.25) is 5.91 Å². The molecular formula is C20H22N2O4. The average molecular weight is 354 g/mol. The van der Waals surface area contributed by atoms with Gasteiger partial charge in [0.1, 0.15) is 0 Å². The number of hydrogen-bond donors (Lipinski definition) is 1. The summed E-state index contributed by atoms with van der Waals surface area (Å²) < 4.78 is 10.6.